The van der Waals surface area contributed by atoms with E-state index in [9.17, 15) is 18.0 Å². The smallest absolute Gasteiger partial charge is 0.316 e. The number of thioether (sulfide) groups is 1. The number of anilines is 1. The molecule has 1 N–H and O–H groups in total. The summed E-state index contributed by atoms with van der Waals surface area (Å²) in [5.41, 5.74) is 1.30. The van der Waals surface area contributed by atoms with E-state index in [-0.39, 0.29) is 22.5 Å². The van der Waals surface area contributed by atoms with Gasteiger partial charge in [-0.25, -0.2) is 8.42 Å². The Labute approximate surface area is 150 Å². The highest BCUT2D eigenvalue weighted by Gasteiger charge is 2.28. The highest BCUT2D eigenvalue weighted by molar-refractivity contribution is 8.02. The van der Waals surface area contributed by atoms with E-state index in [0.717, 1.165) is 5.56 Å². The Balaban J connectivity index is 1.71. The van der Waals surface area contributed by atoms with Gasteiger partial charge in [0.15, 0.2) is 16.4 Å². The molecule has 2 rings (SSSR count). The second kappa shape index (κ2) is 8.22. The predicted octanol–water partition coefficient (Wildman–Crippen LogP) is 2.05. The van der Waals surface area contributed by atoms with Crippen LogP contribution in [0.3, 0.4) is 0 Å². The molecule has 0 spiro atoms. The number of rotatable bonds is 6. The third kappa shape index (κ3) is 5.68. The van der Waals surface area contributed by atoms with Gasteiger partial charge in [0.05, 0.1) is 17.3 Å². The van der Waals surface area contributed by atoms with Gasteiger partial charge < -0.3 is 10.1 Å². The van der Waals surface area contributed by atoms with E-state index in [0.29, 0.717) is 17.1 Å². The molecule has 1 aliphatic rings. The number of carbonyl (C=O) groups is 2. The molecule has 9 heteroatoms. The first-order chi connectivity index (χ1) is 11.3. The van der Waals surface area contributed by atoms with E-state index in [1.54, 1.807) is 25.1 Å². The average molecular weight is 392 g/mol. The van der Waals surface area contributed by atoms with Crippen LogP contribution in [0.2, 0.25) is 5.02 Å². The zero-order valence-electron chi connectivity index (χ0n) is 13.1. The molecule has 24 heavy (non-hydrogen) atoms. The Bertz CT molecular complexity index is 735. The SMILES string of the molecule is Cc1c(Cl)cccc1NC(=O)COC(=O)CS[C@@H]1CCS(=O)(=O)C1. The summed E-state index contributed by atoms with van der Waals surface area (Å²) < 4.78 is 27.6. The summed E-state index contributed by atoms with van der Waals surface area (Å²) in [6, 6.07) is 5.13. The van der Waals surface area contributed by atoms with E-state index < -0.39 is 28.3 Å². The third-order valence-corrected chi connectivity index (χ3v) is 7.20. The lowest BCUT2D eigenvalue weighted by atomic mass is 10.2. The normalized spacial score (nSPS) is 19.0. The number of halogens is 1. The van der Waals surface area contributed by atoms with Crippen LogP contribution in [0.15, 0.2) is 18.2 Å². The van der Waals surface area contributed by atoms with E-state index in [1.165, 1.54) is 11.8 Å². The van der Waals surface area contributed by atoms with Crippen molar-refractivity contribution in [3.8, 4) is 0 Å². The van der Waals surface area contributed by atoms with E-state index >= 15 is 0 Å². The number of amides is 1. The van der Waals surface area contributed by atoms with Gasteiger partial charge in [-0.3, -0.25) is 9.59 Å². The van der Waals surface area contributed by atoms with Crippen LogP contribution in [0, 0.1) is 6.92 Å². The summed E-state index contributed by atoms with van der Waals surface area (Å²) in [7, 11) is -2.96. The quantitative estimate of drug-likeness (QED) is 0.746. The molecule has 1 heterocycles. The maximum Gasteiger partial charge on any atom is 0.316 e. The van der Waals surface area contributed by atoms with Gasteiger partial charge in [0.1, 0.15) is 0 Å². The number of hydrogen-bond acceptors (Lipinski definition) is 6. The minimum Gasteiger partial charge on any atom is -0.455 e. The van der Waals surface area contributed by atoms with Gasteiger partial charge in [-0.05, 0) is 31.0 Å². The zero-order chi connectivity index (χ0) is 17.7. The van der Waals surface area contributed by atoms with Gasteiger partial charge in [0, 0.05) is 16.0 Å². The first-order valence-electron chi connectivity index (χ1n) is 7.29. The number of sulfone groups is 1. The first kappa shape index (κ1) is 19.1. The number of benzene rings is 1. The minimum atomic E-state index is -2.96. The second-order valence-electron chi connectivity index (χ2n) is 5.46. The van der Waals surface area contributed by atoms with Crippen molar-refractivity contribution in [1.29, 1.82) is 0 Å². The van der Waals surface area contributed by atoms with Crippen molar-refractivity contribution in [2.45, 2.75) is 18.6 Å². The van der Waals surface area contributed by atoms with Gasteiger partial charge in [0.25, 0.3) is 5.91 Å². The summed E-state index contributed by atoms with van der Waals surface area (Å²) in [5.74, 6) is -0.700. The van der Waals surface area contributed by atoms with Crippen LogP contribution in [0.4, 0.5) is 5.69 Å². The lowest BCUT2D eigenvalue weighted by molar-refractivity contribution is -0.144. The maximum atomic E-state index is 11.8. The first-order valence-corrected chi connectivity index (χ1v) is 10.5. The molecule has 6 nitrogen and oxygen atoms in total. The van der Waals surface area contributed by atoms with Crippen molar-refractivity contribution < 1.29 is 22.7 Å². The zero-order valence-corrected chi connectivity index (χ0v) is 15.5. The van der Waals surface area contributed by atoms with Crippen molar-refractivity contribution >= 4 is 50.8 Å². The van der Waals surface area contributed by atoms with Crippen molar-refractivity contribution in [3.05, 3.63) is 28.8 Å². The predicted molar refractivity (Wildman–Crippen MR) is 95.3 cm³/mol. The summed E-state index contributed by atoms with van der Waals surface area (Å²) in [6.07, 6.45) is 0.550. The molecule has 0 aliphatic carbocycles. The maximum absolute atomic E-state index is 11.8. The van der Waals surface area contributed by atoms with E-state index in [4.69, 9.17) is 16.3 Å². The van der Waals surface area contributed by atoms with Crippen LogP contribution < -0.4 is 5.32 Å². The molecule has 1 aromatic rings. The molecule has 0 saturated carbocycles. The summed E-state index contributed by atoms with van der Waals surface area (Å²) >= 11 is 7.22. The summed E-state index contributed by atoms with van der Waals surface area (Å²) in [4.78, 5) is 23.5. The van der Waals surface area contributed by atoms with Gasteiger partial charge in [0.2, 0.25) is 0 Å². The fourth-order valence-electron chi connectivity index (χ4n) is 2.20. The molecule has 1 aromatic carbocycles. The molecule has 132 valence electrons. The van der Waals surface area contributed by atoms with Crippen LogP contribution in [0.5, 0.6) is 0 Å². The number of hydrogen-bond donors (Lipinski definition) is 1. The average Bonchev–Trinajstić information content (AvgIpc) is 2.87. The largest absolute Gasteiger partial charge is 0.455 e. The minimum absolute atomic E-state index is 0.0314. The van der Waals surface area contributed by atoms with Crippen molar-refractivity contribution in [3.63, 3.8) is 0 Å². The Morgan fingerprint density at radius 3 is 2.83 bits per heavy atom. The highest BCUT2D eigenvalue weighted by Crippen LogP contribution is 2.24. The van der Waals surface area contributed by atoms with Crippen LogP contribution in [0.1, 0.15) is 12.0 Å². The number of nitrogens with one attached hydrogen (secondary N) is 1. The van der Waals surface area contributed by atoms with Gasteiger partial charge in [-0.15, -0.1) is 11.8 Å². The Kier molecular flexibility index (Phi) is 6.54. The van der Waals surface area contributed by atoms with Crippen LogP contribution >= 0.6 is 23.4 Å². The standard InChI is InChI=1S/C15H18ClNO5S2/c1-10-12(16)3-2-4-13(10)17-14(18)7-22-15(19)8-23-11-5-6-24(20,21)9-11/h2-4,11H,5-9H2,1H3,(H,17,18)/t11-/m1/s1. The Morgan fingerprint density at radius 2 is 2.17 bits per heavy atom. The molecule has 1 atom stereocenters. The molecule has 0 unspecified atom stereocenters. The highest BCUT2D eigenvalue weighted by atomic mass is 35.5. The van der Waals surface area contributed by atoms with Crippen LogP contribution in [-0.2, 0) is 24.2 Å². The number of carbonyl (C=O) groups excluding carboxylic acids is 2. The topological polar surface area (TPSA) is 89.5 Å². The molecule has 1 saturated heterocycles. The van der Waals surface area contributed by atoms with Gasteiger partial charge >= 0.3 is 5.97 Å². The lowest BCUT2D eigenvalue weighted by Crippen LogP contribution is -2.22. The van der Waals surface area contributed by atoms with Gasteiger partial charge in [-0.1, -0.05) is 17.7 Å². The van der Waals surface area contributed by atoms with Crippen molar-refractivity contribution in [2.75, 3.05) is 29.2 Å². The monoisotopic (exact) mass is 391 g/mol. The Hall–Kier alpha value is -1.25. The molecule has 1 amide bonds. The molecule has 0 bridgehead atoms. The molecular weight excluding hydrogens is 374 g/mol. The third-order valence-electron chi connectivity index (χ3n) is 3.53. The molecule has 0 radical (unpaired) electrons. The lowest BCUT2D eigenvalue weighted by Gasteiger charge is -2.10. The Morgan fingerprint density at radius 1 is 1.42 bits per heavy atom. The molecular formula is C15H18ClNO5S2. The second-order valence-corrected chi connectivity index (χ2v) is 9.38. The number of esters is 1. The summed E-state index contributed by atoms with van der Waals surface area (Å²) in [5, 5.41) is 3.08. The summed E-state index contributed by atoms with van der Waals surface area (Å²) in [6.45, 7) is 1.38. The fraction of sp³-hybridized carbons (Fsp3) is 0.467. The molecule has 1 fully saturated rings. The number of ether oxygens (including phenoxy) is 1. The fourth-order valence-corrected chi connectivity index (χ4v) is 5.81. The molecule has 1 aliphatic heterocycles. The van der Waals surface area contributed by atoms with E-state index in [1.807, 2.05) is 0 Å². The van der Waals surface area contributed by atoms with Crippen LogP contribution in [-0.4, -0.2) is 49.4 Å². The van der Waals surface area contributed by atoms with Crippen LogP contribution in [0.25, 0.3) is 0 Å². The van der Waals surface area contributed by atoms with Crippen molar-refractivity contribution in [2.24, 2.45) is 0 Å². The van der Waals surface area contributed by atoms with E-state index in [2.05, 4.69) is 5.32 Å². The van der Waals surface area contributed by atoms with Gasteiger partial charge in [-0.2, -0.15) is 0 Å². The molecule has 0 aromatic heterocycles. The van der Waals surface area contributed by atoms with Crippen molar-refractivity contribution in [1.82, 2.24) is 0 Å².